The SMILES string of the molecule is Cc1ccc2cnc(C3CCOCC3)n2c1. The number of nitrogens with zero attached hydrogens (tertiary/aromatic N) is 2. The fourth-order valence-corrected chi connectivity index (χ4v) is 2.37. The molecule has 0 aliphatic carbocycles. The summed E-state index contributed by atoms with van der Waals surface area (Å²) in [5, 5.41) is 0. The Morgan fingerprint density at radius 2 is 2.12 bits per heavy atom. The predicted octanol–water partition coefficient (Wildman–Crippen LogP) is 2.54. The van der Waals surface area contributed by atoms with Crippen molar-refractivity contribution in [2.75, 3.05) is 13.2 Å². The van der Waals surface area contributed by atoms with Gasteiger partial charge in [0.2, 0.25) is 0 Å². The van der Waals surface area contributed by atoms with E-state index in [2.05, 4.69) is 34.6 Å². The van der Waals surface area contributed by atoms with Gasteiger partial charge in [-0.25, -0.2) is 4.98 Å². The molecule has 0 saturated carbocycles. The molecular formula is C13H16N2O. The van der Waals surface area contributed by atoms with E-state index in [1.54, 1.807) is 0 Å². The number of aromatic nitrogens is 2. The molecular weight excluding hydrogens is 200 g/mol. The minimum Gasteiger partial charge on any atom is -0.381 e. The minimum atomic E-state index is 0.554. The molecule has 3 heteroatoms. The largest absolute Gasteiger partial charge is 0.381 e. The topological polar surface area (TPSA) is 26.5 Å². The Bertz CT molecular complexity index is 498. The van der Waals surface area contributed by atoms with E-state index < -0.39 is 0 Å². The van der Waals surface area contributed by atoms with Gasteiger partial charge in [-0.15, -0.1) is 0 Å². The van der Waals surface area contributed by atoms with Gasteiger partial charge in [-0.3, -0.25) is 0 Å². The molecule has 3 nitrogen and oxygen atoms in total. The Morgan fingerprint density at radius 1 is 1.31 bits per heavy atom. The number of ether oxygens (including phenoxy) is 1. The summed E-state index contributed by atoms with van der Waals surface area (Å²) in [7, 11) is 0. The predicted molar refractivity (Wildman–Crippen MR) is 62.7 cm³/mol. The van der Waals surface area contributed by atoms with Crippen LogP contribution in [0.1, 0.15) is 30.1 Å². The maximum atomic E-state index is 5.40. The van der Waals surface area contributed by atoms with Crippen molar-refractivity contribution in [2.24, 2.45) is 0 Å². The highest BCUT2D eigenvalue weighted by Gasteiger charge is 2.19. The molecule has 1 saturated heterocycles. The summed E-state index contributed by atoms with van der Waals surface area (Å²) in [6.45, 7) is 3.85. The molecule has 3 heterocycles. The van der Waals surface area contributed by atoms with E-state index in [1.807, 2.05) is 6.20 Å². The summed E-state index contributed by atoms with van der Waals surface area (Å²) < 4.78 is 7.62. The van der Waals surface area contributed by atoms with Gasteiger partial charge in [0.15, 0.2) is 0 Å². The third-order valence-corrected chi connectivity index (χ3v) is 3.29. The number of fused-ring (bicyclic) bond motifs is 1. The van der Waals surface area contributed by atoms with Gasteiger partial charge in [-0.2, -0.15) is 0 Å². The lowest BCUT2D eigenvalue weighted by atomic mass is 9.99. The highest BCUT2D eigenvalue weighted by atomic mass is 16.5. The maximum absolute atomic E-state index is 5.40. The molecule has 84 valence electrons. The van der Waals surface area contributed by atoms with Crippen LogP contribution in [-0.2, 0) is 4.74 Å². The van der Waals surface area contributed by atoms with Crippen LogP contribution in [0.3, 0.4) is 0 Å². The van der Waals surface area contributed by atoms with Crippen LogP contribution in [0.25, 0.3) is 5.52 Å². The van der Waals surface area contributed by atoms with E-state index >= 15 is 0 Å². The molecule has 0 bridgehead atoms. The van der Waals surface area contributed by atoms with Crippen LogP contribution in [0.4, 0.5) is 0 Å². The second kappa shape index (κ2) is 3.91. The average molecular weight is 216 g/mol. The normalized spacial score (nSPS) is 18.1. The summed E-state index contributed by atoms with van der Waals surface area (Å²) in [6, 6.07) is 4.26. The first-order valence-corrected chi connectivity index (χ1v) is 5.86. The molecule has 0 unspecified atom stereocenters. The summed E-state index contributed by atoms with van der Waals surface area (Å²) >= 11 is 0. The van der Waals surface area contributed by atoms with Crippen molar-refractivity contribution in [3.05, 3.63) is 35.9 Å². The van der Waals surface area contributed by atoms with Crippen molar-refractivity contribution >= 4 is 5.52 Å². The molecule has 2 aromatic heterocycles. The molecule has 1 aliphatic heterocycles. The molecule has 16 heavy (non-hydrogen) atoms. The highest BCUT2D eigenvalue weighted by Crippen LogP contribution is 2.26. The van der Waals surface area contributed by atoms with E-state index in [9.17, 15) is 0 Å². The van der Waals surface area contributed by atoms with Crippen LogP contribution in [-0.4, -0.2) is 22.6 Å². The zero-order chi connectivity index (χ0) is 11.0. The van der Waals surface area contributed by atoms with Crippen molar-refractivity contribution in [3.8, 4) is 0 Å². The molecule has 0 atom stereocenters. The van der Waals surface area contributed by atoms with Gasteiger partial charge >= 0.3 is 0 Å². The Labute approximate surface area is 95.1 Å². The fourth-order valence-electron chi connectivity index (χ4n) is 2.37. The van der Waals surface area contributed by atoms with E-state index in [1.165, 1.54) is 16.9 Å². The lowest BCUT2D eigenvalue weighted by Gasteiger charge is -2.21. The van der Waals surface area contributed by atoms with Gasteiger partial charge in [0.25, 0.3) is 0 Å². The van der Waals surface area contributed by atoms with E-state index in [0.717, 1.165) is 26.1 Å². The Balaban J connectivity index is 2.05. The molecule has 3 rings (SSSR count). The lowest BCUT2D eigenvalue weighted by molar-refractivity contribution is 0.0835. The van der Waals surface area contributed by atoms with Gasteiger partial charge in [-0.1, -0.05) is 6.07 Å². The summed E-state index contributed by atoms with van der Waals surface area (Å²) in [5.41, 5.74) is 2.46. The third-order valence-electron chi connectivity index (χ3n) is 3.29. The quantitative estimate of drug-likeness (QED) is 0.732. The number of rotatable bonds is 1. The molecule has 0 radical (unpaired) electrons. The minimum absolute atomic E-state index is 0.554. The first-order valence-electron chi connectivity index (χ1n) is 5.86. The zero-order valence-electron chi connectivity index (χ0n) is 9.52. The second-order valence-electron chi connectivity index (χ2n) is 4.50. The molecule has 1 aliphatic rings. The van der Waals surface area contributed by atoms with Gasteiger partial charge in [0, 0.05) is 25.3 Å². The first kappa shape index (κ1) is 9.85. The molecule has 2 aromatic rings. The highest BCUT2D eigenvalue weighted by molar-refractivity contribution is 5.47. The zero-order valence-corrected chi connectivity index (χ0v) is 9.52. The third kappa shape index (κ3) is 1.61. The van der Waals surface area contributed by atoms with Crippen LogP contribution in [0, 0.1) is 6.92 Å². The molecule has 1 fully saturated rings. The second-order valence-corrected chi connectivity index (χ2v) is 4.50. The van der Waals surface area contributed by atoms with Crippen molar-refractivity contribution in [1.82, 2.24) is 9.38 Å². The Morgan fingerprint density at radius 3 is 2.94 bits per heavy atom. The average Bonchev–Trinajstić information content (AvgIpc) is 2.73. The number of hydrogen-bond donors (Lipinski definition) is 0. The van der Waals surface area contributed by atoms with Crippen molar-refractivity contribution in [2.45, 2.75) is 25.7 Å². The smallest absolute Gasteiger partial charge is 0.116 e. The Hall–Kier alpha value is -1.35. The van der Waals surface area contributed by atoms with Gasteiger partial charge in [0.05, 0.1) is 11.7 Å². The van der Waals surface area contributed by atoms with Crippen molar-refractivity contribution in [3.63, 3.8) is 0 Å². The van der Waals surface area contributed by atoms with Crippen LogP contribution >= 0.6 is 0 Å². The summed E-state index contributed by atoms with van der Waals surface area (Å²) in [6.07, 6.45) is 6.32. The first-order chi connectivity index (χ1) is 7.84. The van der Waals surface area contributed by atoms with Crippen LogP contribution < -0.4 is 0 Å². The van der Waals surface area contributed by atoms with E-state index in [4.69, 9.17) is 4.74 Å². The summed E-state index contributed by atoms with van der Waals surface area (Å²) in [5.74, 6) is 1.75. The molecule has 0 amide bonds. The fraction of sp³-hybridized carbons (Fsp3) is 0.462. The standard InChI is InChI=1S/C13H16N2O/c1-10-2-3-12-8-14-13(15(12)9-10)11-4-6-16-7-5-11/h2-3,8-9,11H,4-7H2,1H3. The maximum Gasteiger partial charge on any atom is 0.116 e. The molecule has 0 spiro atoms. The number of imidazole rings is 1. The van der Waals surface area contributed by atoms with E-state index in [-0.39, 0.29) is 0 Å². The monoisotopic (exact) mass is 216 g/mol. The van der Waals surface area contributed by atoms with Crippen LogP contribution in [0.5, 0.6) is 0 Å². The van der Waals surface area contributed by atoms with Gasteiger partial charge in [-0.05, 0) is 31.4 Å². The van der Waals surface area contributed by atoms with Crippen LogP contribution in [0.2, 0.25) is 0 Å². The van der Waals surface area contributed by atoms with Crippen LogP contribution in [0.15, 0.2) is 24.5 Å². The van der Waals surface area contributed by atoms with Gasteiger partial charge < -0.3 is 9.14 Å². The Kier molecular flexibility index (Phi) is 2.40. The number of aryl methyl sites for hydroxylation is 1. The van der Waals surface area contributed by atoms with Gasteiger partial charge in [0.1, 0.15) is 5.82 Å². The summed E-state index contributed by atoms with van der Waals surface area (Å²) in [4.78, 5) is 4.57. The van der Waals surface area contributed by atoms with Crippen molar-refractivity contribution in [1.29, 1.82) is 0 Å². The number of pyridine rings is 1. The van der Waals surface area contributed by atoms with E-state index in [0.29, 0.717) is 5.92 Å². The van der Waals surface area contributed by atoms with Crippen molar-refractivity contribution < 1.29 is 4.74 Å². The molecule has 0 N–H and O–H groups in total. The molecule has 0 aromatic carbocycles. The lowest BCUT2D eigenvalue weighted by Crippen LogP contribution is -2.16. The number of hydrogen-bond acceptors (Lipinski definition) is 2.